The maximum atomic E-state index is 13.8. The van der Waals surface area contributed by atoms with Crippen molar-refractivity contribution in [3.8, 4) is 0 Å². The Bertz CT molecular complexity index is 543. The molecule has 1 saturated heterocycles. The van der Waals surface area contributed by atoms with Gasteiger partial charge in [-0.1, -0.05) is 17.7 Å². The van der Waals surface area contributed by atoms with Crippen molar-refractivity contribution in [1.82, 2.24) is 10.0 Å². The molecule has 0 radical (unpaired) electrons. The number of sulfonamides is 1. The molecule has 1 aliphatic heterocycles. The molecule has 0 aromatic heterocycles. The first-order valence-electron chi connectivity index (χ1n) is 6.18. The first-order valence-corrected chi connectivity index (χ1v) is 8.04. The Morgan fingerprint density at radius 1 is 1.32 bits per heavy atom. The lowest BCUT2D eigenvalue weighted by Crippen LogP contribution is -2.35. The van der Waals surface area contributed by atoms with Gasteiger partial charge < -0.3 is 5.32 Å². The summed E-state index contributed by atoms with van der Waals surface area (Å²) in [7, 11) is -3.87. The molecule has 106 valence electrons. The minimum atomic E-state index is -3.87. The average molecular weight is 307 g/mol. The maximum Gasteiger partial charge on any atom is 0.243 e. The second-order valence-electron chi connectivity index (χ2n) is 4.55. The zero-order valence-corrected chi connectivity index (χ0v) is 11.9. The van der Waals surface area contributed by atoms with Crippen LogP contribution in [-0.4, -0.2) is 27.5 Å². The van der Waals surface area contributed by atoms with Gasteiger partial charge in [-0.2, -0.15) is 0 Å². The topological polar surface area (TPSA) is 58.2 Å². The average Bonchev–Trinajstić information content (AvgIpc) is 2.60. The zero-order valence-electron chi connectivity index (χ0n) is 10.3. The molecule has 19 heavy (non-hydrogen) atoms. The normalized spacial score (nSPS) is 21.1. The molecule has 1 aromatic carbocycles. The highest BCUT2D eigenvalue weighted by molar-refractivity contribution is 7.89. The summed E-state index contributed by atoms with van der Waals surface area (Å²) in [6, 6.07) is 3.80. The molecule has 1 aliphatic rings. The molecule has 0 saturated carbocycles. The Hall–Kier alpha value is -0.690. The molecule has 0 aliphatic carbocycles. The van der Waals surface area contributed by atoms with E-state index in [0.29, 0.717) is 6.42 Å². The van der Waals surface area contributed by atoms with E-state index in [2.05, 4.69) is 10.0 Å². The van der Waals surface area contributed by atoms with E-state index in [1.807, 2.05) is 0 Å². The van der Waals surface area contributed by atoms with E-state index in [0.717, 1.165) is 25.9 Å². The van der Waals surface area contributed by atoms with Crippen LogP contribution in [0.4, 0.5) is 4.39 Å². The van der Waals surface area contributed by atoms with Crippen LogP contribution in [0.3, 0.4) is 0 Å². The Morgan fingerprint density at radius 2 is 2.11 bits per heavy atom. The third-order valence-electron chi connectivity index (χ3n) is 3.10. The zero-order chi connectivity index (χ0) is 13.9. The predicted molar refractivity (Wildman–Crippen MR) is 72.2 cm³/mol. The van der Waals surface area contributed by atoms with Gasteiger partial charge in [0.15, 0.2) is 5.82 Å². The minimum absolute atomic E-state index is 0.168. The fourth-order valence-corrected chi connectivity index (χ4v) is 3.75. The van der Waals surface area contributed by atoms with Crippen LogP contribution in [0.15, 0.2) is 23.1 Å². The van der Waals surface area contributed by atoms with E-state index in [1.165, 1.54) is 18.2 Å². The SMILES string of the molecule is O=S(=O)(NC1CCCNCC1)c1cccc(Cl)c1F. The number of hydrogen-bond acceptors (Lipinski definition) is 3. The highest BCUT2D eigenvalue weighted by Gasteiger charge is 2.24. The predicted octanol–water partition coefficient (Wildman–Crippen LogP) is 1.90. The summed E-state index contributed by atoms with van der Waals surface area (Å²) in [6.07, 6.45) is 2.33. The van der Waals surface area contributed by atoms with Crippen molar-refractivity contribution >= 4 is 21.6 Å². The van der Waals surface area contributed by atoms with E-state index in [4.69, 9.17) is 11.6 Å². The molecular weight excluding hydrogens is 291 g/mol. The second kappa shape index (κ2) is 6.17. The first-order chi connectivity index (χ1) is 9.00. The number of rotatable bonds is 3. The fourth-order valence-electron chi connectivity index (χ4n) is 2.11. The van der Waals surface area contributed by atoms with Gasteiger partial charge in [0.1, 0.15) is 4.90 Å². The van der Waals surface area contributed by atoms with E-state index in [-0.39, 0.29) is 11.1 Å². The molecule has 0 bridgehead atoms. The summed E-state index contributed by atoms with van der Waals surface area (Å²) in [5, 5.41) is 3.00. The monoisotopic (exact) mass is 306 g/mol. The van der Waals surface area contributed by atoms with Crippen molar-refractivity contribution in [2.24, 2.45) is 0 Å². The van der Waals surface area contributed by atoms with Gasteiger partial charge in [-0.05, 0) is 44.5 Å². The summed E-state index contributed by atoms with van der Waals surface area (Å²) < 4.78 is 40.6. The fraction of sp³-hybridized carbons (Fsp3) is 0.500. The van der Waals surface area contributed by atoms with Crippen LogP contribution in [0, 0.1) is 5.82 Å². The molecule has 4 nitrogen and oxygen atoms in total. The first kappa shape index (κ1) is 14.7. The van der Waals surface area contributed by atoms with Crippen molar-refractivity contribution in [1.29, 1.82) is 0 Å². The number of nitrogens with one attached hydrogen (secondary N) is 2. The maximum absolute atomic E-state index is 13.8. The highest BCUT2D eigenvalue weighted by atomic mass is 35.5. The van der Waals surface area contributed by atoms with Crippen LogP contribution in [0.5, 0.6) is 0 Å². The van der Waals surface area contributed by atoms with Gasteiger partial charge in [0.25, 0.3) is 0 Å². The lowest BCUT2D eigenvalue weighted by atomic mass is 10.1. The van der Waals surface area contributed by atoms with Crippen molar-refractivity contribution in [3.63, 3.8) is 0 Å². The van der Waals surface area contributed by atoms with Gasteiger partial charge >= 0.3 is 0 Å². The van der Waals surface area contributed by atoms with E-state index in [1.54, 1.807) is 0 Å². The molecule has 1 heterocycles. The summed E-state index contributed by atoms with van der Waals surface area (Å²) in [5.74, 6) is -0.900. The molecule has 1 unspecified atom stereocenters. The molecule has 0 spiro atoms. The number of hydrogen-bond donors (Lipinski definition) is 2. The molecule has 1 aromatic rings. The smallest absolute Gasteiger partial charge is 0.243 e. The van der Waals surface area contributed by atoms with E-state index < -0.39 is 20.7 Å². The minimum Gasteiger partial charge on any atom is -0.317 e. The highest BCUT2D eigenvalue weighted by Crippen LogP contribution is 2.22. The van der Waals surface area contributed by atoms with Crippen molar-refractivity contribution in [3.05, 3.63) is 29.0 Å². The van der Waals surface area contributed by atoms with Gasteiger partial charge in [0, 0.05) is 6.04 Å². The Morgan fingerprint density at radius 3 is 2.89 bits per heavy atom. The van der Waals surface area contributed by atoms with Gasteiger partial charge in [0.05, 0.1) is 5.02 Å². The van der Waals surface area contributed by atoms with Crippen molar-refractivity contribution in [2.75, 3.05) is 13.1 Å². The molecule has 7 heteroatoms. The molecule has 0 amide bonds. The lowest BCUT2D eigenvalue weighted by molar-refractivity contribution is 0.510. The summed E-state index contributed by atoms with van der Waals surface area (Å²) in [6.45, 7) is 1.63. The van der Waals surface area contributed by atoms with Gasteiger partial charge in [-0.3, -0.25) is 0 Å². The Kier molecular flexibility index (Phi) is 4.78. The van der Waals surface area contributed by atoms with Crippen molar-refractivity contribution in [2.45, 2.75) is 30.2 Å². The third-order valence-corrected chi connectivity index (χ3v) is 4.93. The Labute approximate surface area is 117 Å². The second-order valence-corrected chi connectivity index (χ2v) is 6.64. The quantitative estimate of drug-likeness (QED) is 0.897. The lowest BCUT2D eigenvalue weighted by Gasteiger charge is -2.16. The van der Waals surface area contributed by atoms with Crippen LogP contribution in [0.25, 0.3) is 0 Å². The van der Waals surface area contributed by atoms with Crippen molar-refractivity contribution < 1.29 is 12.8 Å². The Balaban J connectivity index is 2.19. The summed E-state index contributed by atoms with van der Waals surface area (Å²) >= 11 is 5.61. The van der Waals surface area contributed by atoms with Gasteiger partial charge in [0.2, 0.25) is 10.0 Å². The van der Waals surface area contributed by atoms with Crippen LogP contribution in [-0.2, 0) is 10.0 Å². The van der Waals surface area contributed by atoms with E-state index in [9.17, 15) is 12.8 Å². The third kappa shape index (κ3) is 3.66. The van der Waals surface area contributed by atoms with Crippen LogP contribution in [0.1, 0.15) is 19.3 Å². The molecule has 1 fully saturated rings. The molecule has 2 N–H and O–H groups in total. The molecular formula is C12H16ClFN2O2S. The molecule has 1 atom stereocenters. The van der Waals surface area contributed by atoms with Gasteiger partial charge in [-0.15, -0.1) is 0 Å². The number of benzene rings is 1. The van der Waals surface area contributed by atoms with Crippen LogP contribution >= 0.6 is 11.6 Å². The largest absolute Gasteiger partial charge is 0.317 e. The van der Waals surface area contributed by atoms with Gasteiger partial charge in [-0.25, -0.2) is 17.5 Å². The molecule has 2 rings (SSSR count). The van der Waals surface area contributed by atoms with Crippen LogP contribution < -0.4 is 10.0 Å². The summed E-state index contributed by atoms with van der Waals surface area (Å²) in [5.41, 5.74) is 0. The summed E-state index contributed by atoms with van der Waals surface area (Å²) in [4.78, 5) is -0.391. The number of halogens is 2. The van der Waals surface area contributed by atoms with Crippen LogP contribution in [0.2, 0.25) is 5.02 Å². The standard InChI is InChI=1S/C12H16ClFN2O2S/c13-10-4-1-5-11(12(10)14)19(17,18)16-9-3-2-7-15-8-6-9/h1,4-5,9,15-16H,2-3,6-8H2. The van der Waals surface area contributed by atoms with E-state index >= 15 is 0 Å².